The van der Waals surface area contributed by atoms with Gasteiger partial charge in [-0.25, -0.2) is 0 Å². The molecule has 0 bridgehead atoms. The lowest BCUT2D eigenvalue weighted by Gasteiger charge is -2.12. The van der Waals surface area contributed by atoms with E-state index in [-0.39, 0.29) is 5.91 Å². The van der Waals surface area contributed by atoms with E-state index in [1.807, 2.05) is 51.1 Å². The van der Waals surface area contributed by atoms with Crippen LogP contribution in [0.1, 0.15) is 20.8 Å². The molecule has 17 heavy (non-hydrogen) atoms. The number of carbonyl (C=O) groups is 1. The summed E-state index contributed by atoms with van der Waals surface area (Å²) in [7, 11) is 0. The molecule has 0 saturated carbocycles. The average Bonchev–Trinajstić information content (AvgIpc) is 2.82. The number of carbonyl (C=O) groups excluding carboxylic acids is 1. The molecule has 0 aromatic heterocycles. The lowest BCUT2D eigenvalue weighted by atomic mass is 9.91. The van der Waals surface area contributed by atoms with Crippen molar-refractivity contribution >= 4 is 17.3 Å². The summed E-state index contributed by atoms with van der Waals surface area (Å²) in [4.78, 5) is 12.4. The van der Waals surface area contributed by atoms with Crippen LogP contribution in [-0.4, -0.2) is 22.8 Å². The van der Waals surface area contributed by atoms with Gasteiger partial charge in [0.05, 0.1) is 11.4 Å². The first kappa shape index (κ1) is 10.5. The fraction of sp³-hybridized carbons (Fsp3) is 0.385. The van der Waals surface area contributed by atoms with Crippen LogP contribution in [0.15, 0.2) is 35.4 Å². The number of hydrogen-bond acceptors (Lipinski definition) is 3. The normalized spacial score (nSPS) is 29.7. The van der Waals surface area contributed by atoms with Crippen LogP contribution in [-0.2, 0) is 9.53 Å². The minimum atomic E-state index is -0.831. The molecule has 4 nitrogen and oxygen atoms in total. The number of hydrazone groups is 1. The van der Waals surface area contributed by atoms with E-state index in [9.17, 15) is 4.79 Å². The maximum Gasteiger partial charge on any atom is 0.288 e. The van der Waals surface area contributed by atoms with E-state index in [1.54, 1.807) is 0 Å². The van der Waals surface area contributed by atoms with E-state index in [0.717, 1.165) is 11.4 Å². The van der Waals surface area contributed by atoms with Gasteiger partial charge >= 0.3 is 0 Å². The standard InChI is InChI=1S/C13H14N2O2/c1-9-13(12(2,3)17-13)11(16)15(14-9)10-7-5-4-6-8-10/h4-8H,1-3H3. The van der Waals surface area contributed by atoms with Crippen molar-refractivity contribution in [2.45, 2.75) is 32.0 Å². The zero-order valence-corrected chi connectivity index (χ0v) is 10.1. The average molecular weight is 230 g/mol. The van der Waals surface area contributed by atoms with Crippen molar-refractivity contribution in [3.05, 3.63) is 30.3 Å². The Labute approximate surface area is 99.9 Å². The molecule has 0 radical (unpaired) electrons. The molecular formula is C13H14N2O2. The number of nitrogens with zero attached hydrogens (tertiary/aromatic N) is 2. The molecule has 4 heteroatoms. The lowest BCUT2D eigenvalue weighted by Crippen LogP contribution is -2.39. The topological polar surface area (TPSA) is 45.2 Å². The van der Waals surface area contributed by atoms with Crippen molar-refractivity contribution in [1.29, 1.82) is 0 Å². The first-order chi connectivity index (χ1) is 7.99. The smallest absolute Gasteiger partial charge is 0.288 e. The van der Waals surface area contributed by atoms with Gasteiger partial charge in [0.15, 0.2) is 0 Å². The summed E-state index contributed by atoms with van der Waals surface area (Å²) < 4.78 is 5.61. The van der Waals surface area contributed by atoms with Crippen LogP contribution in [0.2, 0.25) is 0 Å². The van der Waals surface area contributed by atoms with Crippen molar-refractivity contribution < 1.29 is 9.53 Å². The third kappa shape index (κ3) is 1.16. The Morgan fingerprint density at radius 3 is 2.29 bits per heavy atom. The molecule has 1 fully saturated rings. The molecule has 2 aliphatic rings. The second-order valence-electron chi connectivity index (χ2n) is 4.93. The van der Waals surface area contributed by atoms with Gasteiger partial charge in [-0.05, 0) is 32.9 Å². The van der Waals surface area contributed by atoms with E-state index in [4.69, 9.17) is 4.74 Å². The van der Waals surface area contributed by atoms with Crippen molar-refractivity contribution in [2.24, 2.45) is 5.10 Å². The zero-order chi connectivity index (χ0) is 12.3. The monoisotopic (exact) mass is 230 g/mol. The van der Waals surface area contributed by atoms with Gasteiger partial charge in [-0.1, -0.05) is 18.2 Å². The summed E-state index contributed by atoms with van der Waals surface area (Å²) in [6.07, 6.45) is 0. The second-order valence-corrected chi connectivity index (χ2v) is 4.93. The predicted octanol–water partition coefficient (Wildman–Crippen LogP) is 1.96. The summed E-state index contributed by atoms with van der Waals surface area (Å²) in [5.41, 5.74) is 0.237. The van der Waals surface area contributed by atoms with Gasteiger partial charge in [0.2, 0.25) is 5.60 Å². The third-order valence-corrected chi connectivity index (χ3v) is 3.47. The van der Waals surface area contributed by atoms with Crippen LogP contribution < -0.4 is 5.01 Å². The van der Waals surface area contributed by atoms with Crippen LogP contribution in [0.5, 0.6) is 0 Å². The molecular weight excluding hydrogens is 216 g/mol. The van der Waals surface area contributed by atoms with E-state index >= 15 is 0 Å². The fourth-order valence-electron chi connectivity index (χ4n) is 2.48. The van der Waals surface area contributed by atoms with Gasteiger partial charge in [-0.2, -0.15) is 10.1 Å². The van der Waals surface area contributed by atoms with Crippen LogP contribution in [0, 0.1) is 0 Å². The van der Waals surface area contributed by atoms with Gasteiger partial charge in [0.25, 0.3) is 5.91 Å². The van der Waals surface area contributed by atoms with E-state index < -0.39 is 11.2 Å². The molecule has 1 aromatic carbocycles. The highest BCUT2D eigenvalue weighted by atomic mass is 16.6. The Balaban J connectivity index is 2.01. The quantitative estimate of drug-likeness (QED) is 0.692. The van der Waals surface area contributed by atoms with Crippen LogP contribution in [0.25, 0.3) is 0 Å². The van der Waals surface area contributed by atoms with Crippen molar-refractivity contribution in [1.82, 2.24) is 0 Å². The summed E-state index contributed by atoms with van der Waals surface area (Å²) in [6.45, 7) is 5.67. The molecule has 1 spiro atoms. The van der Waals surface area contributed by atoms with Gasteiger partial charge < -0.3 is 4.74 Å². The number of para-hydroxylation sites is 1. The fourth-order valence-corrected chi connectivity index (χ4v) is 2.48. The van der Waals surface area contributed by atoms with Crippen LogP contribution in [0.3, 0.4) is 0 Å². The first-order valence-corrected chi connectivity index (χ1v) is 5.64. The van der Waals surface area contributed by atoms with Crippen molar-refractivity contribution in [3.63, 3.8) is 0 Å². The highest BCUT2D eigenvalue weighted by Gasteiger charge is 2.74. The molecule has 2 aliphatic heterocycles. The molecule has 1 aromatic rings. The highest BCUT2D eigenvalue weighted by Crippen LogP contribution is 2.52. The third-order valence-electron chi connectivity index (χ3n) is 3.47. The Kier molecular flexibility index (Phi) is 1.82. The molecule has 1 atom stereocenters. The number of rotatable bonds is 1. The largest absolute Gasteiger partial charge is 0.346 e. The second kappa shape index (κ2) is 2.96. The Morgan fingerprint density at radius 1 is 1.24 bits per heavy atom. The van der Waals surface area contributed by atoms with Crippen molar-refractivity contribution in [2.75, 3.05) is 5.01 Å². The molecule has 2 heterocycles. The minimum Gasteiger partial charge on any atom is -0.346 e. The Hall–Kier alpha value is -1.68. The van der Waals surface area contributed by atoms with Crippen molar-refractivity contribution in [3.8, 4) is 0 Å². The molecule has 0 aliphatic carbocycles. The SMILES string of the molecule is CC1=NN(c2ccccc2)C(=O)C12OC2(C)C. The van der Waals surface area contributed by atoms with Gasteiger partial charge in [0.1, 0.15) is 5.60 Å². The Morgan fingerprint density at radius 2 is 1.82 bits per heavy atom. The summed E-state index contributed by atoms with van der Waals surface area (Å²) in [6, 6.07) is 9.41. The number of hydrogen-bond donors (Lipinski definition) is 0. The molecule has 1 unspecified atom stereocenters. The van der Waals surface area contributed by atoms with E-state index in [2.05, 4.69) is 5.10 Å². The highest BCUT2D eigenvalue weighted by molar-refractivity contribution is 6.24. The summed E-state index contributed by atoms with van der Waals surface area (Å²) in [5.74, 6) is -0.0915. The number of benzene rings is 1. The summed E-state index contributed by atoms with van der Waals surface area (Å²) >= 11 is 0. The molecule has 88 valence electrons. The Bertz CT molecular complexity index is 521. The number of ether oxygens (including phenoxy) is 1. The molecule has 1 amide bonds. The number of epoxide rings is 1. The van der Waals surface area contributed by atoms with Crippen LogP contribution in [0.4, 0.5) is 5.69 Å². The van der Waals surface area contributed by atoms with Gasteiger partial charge in [-0.15, -0.1) is 0 Å². The molecule has 0 N–H and O–H groups in total. The van der Waals surface area contributed by atoms with Gasteiger partial charge in [-0.3, -0.25) is 4.79 Å². The molecule has 1 saturated heterocycles. The zero-order valence-electron chi connectivity index (χ0n) is 10.1. The maximum absolute atomic E-state index is 12.4. The maximum atomic E-state index is 12.4. The van der Waals surface area contributed by atoms with E-state index in [0.29, 0.717) is 0 Å². The minimum absolute atomic E-state index is 0.0915. The first-order valence-electron chi connectivity index (χ1n) is 5.64. The van der Waals surface area contributed by atoms with E-state index in [1.165, 1.54) is 5.01 Å². The number of anilines is 1. The summed E-state index contributed by atoms with van der Waals surface area (Å²) in [5, 5.41) is 5.76. The predicted molar refractivity (Wildman–Crippen MR) is 64.9 cm³/mol. The van der Waals surface area contributed by atoms with Gasteiger partial charge in [0, 0.05) is 0 Å². The van der Waals surface area contributed by atoms with Crippen LogP contribution >= 0.6 is 0 Å². The lowest BCUT2D eigenvalue weighted by molar-refractivity contribution is -0.120. The molecule has 3 rings (SSSR count). The number of amides is 1.